The molecule has 1 heterocycles. The van der Waals surface area contributed by atoms with Crippen LogP contribution in [0.4, 0.5) is 0 Å². The zero-order valence-corrected chi connectivity index (χ0v) is 18.2. The van der Waals surface area contributed by atoms with E-state index in [2.05, 4.69) is 71.7 Å². The minimum absolute atomic E-state index is 0.0591. The number of aryl methyl sites for hydroxylation is 1. The van der Waals surface area contributed by atoms with Gasteiger partial charge in [0.25, 0.3) is 0 Å². The van der Waals surface area contributed by atoms with Gasteiger partial charge in [0.15, 0.2) is 0 Å². The Morgan fingerprint density at radius 1 is 0.935 bits per heavy atom. The number of benzene rings is 3. The average molecular weight is 432 g/mol. The van der Waals surface area contributed by atoms with Gasteiger partial charge >= 0.3 is 0 Å². The molecule has 0 aliphatic heterocycles. The Bertz CT molecular complexity index is 1320. The number of primary sulfonamides is 1. The van der Waals surface area contributed by atoms with Crippen LogP contribution in [0.3, 0.4) is 0 Å². The second-order valence-corrected chi connectivity index (χ2v) is 9.29. The Kier molecular flexibility index (Phi) is 6.02. The lowest BCUT2D eigenvalue weighted by Crippen LogP contribution is -2.17. The molecule has 4 aromatic rings. The number of nitrogens with two attached hydrogens (primary N) is 1. The number of hydrogen-bond donors (Lipinski definition) is 2. The lowest BCUT2D eigenvalue weighted by molar-refractivity contribution is 0.597. The topological polar surface area (TPSA) is 88.8 Å². The molecule has 158 valence electrons. The largest absolute Gasteiger partial charge is 0.278 e. The monoisotopic (exact) mass is 431 g/mol. The molecule has 31 heavy (non-hydrogen) atoms. The molecular formula is C25H25N3O2S. The zero-order valence-electron chi connectivity index (χ0n) is 17.4. The highest BCUT2D eigenvalue weighted by Crippen LogP contribution is 2.35. The van der Waals surface area contributed by atoms with E-state index < -0.39 is 10.0 Å². The van der Waals surface area contributed by atoms with Gasteiger partial charge in [0.2, 0.25) is 10.0 Å². The van der Waals surface area contributed by atoms with Crippen molar-refractivity contribution >= 4 is 32.1 Å². The van der Waals surface area contributed by atoms with Crippen molar-refractivity contribution in [3.05, 3.63) is 101 Å². The van der Waals surface area contributed by atoms with Crippen LogP contribution < -0.4 is 5.14 Å². The second-order valence-electron chi connectivity index (χ2n) is 7.56. The number of hydrogen-bond acceptors (Lipinski definition) is 3. The predicted molar refractivity (Wildman–Crippen MR) is 127 cm³/mol. The van der Waals surface area contributed by atoms with Crippen LogP contribution >= 0.6 is 0 Å². The van der Waals surface area contributed by atoms with Gasteiger partial charge in [-0.25, -0.2) is 13.6 Å². The van der Waals surface area contributed by atoms with E-state index in [0.29, 0.717) is 6.42 Å². The minimum Gasteiger partial charge on any atom is -0.278 e. The van der Waals surface area contributed by atoms with Crippen molar-refractivity contribution in [2.75, 3.05) is 5.75 Å². The second kappa shape index (κ2) is 8.88. The molecule has 6 heteroatoms. The van der Waals surface area contributed by atoms with E-state index >= 15 is 0 Å². The van der Waals surface area contributed by atoms with E-state index in [1.165, 1.54) is 11.1 Å². The molecule has 0 radical (unpaired) electrons. The van der Waals surface area contributed by atoms with Crippen LogP contribution in [0.5, 0.6) is 0 Å². The number of aromatic nitrogens is 2. The normalized spacial score (nSPS) is 12.7. The van der Waals surface area contributed by atoms with Crippen molar-refractivity contribution in [3.63, 3.8) is 0 Å². The molecule has 0 saturated heterocycles. The molecule has 0 amide bonds. The molecule has 1 aromatic heterocycles. The molecule has 0 aliphatic rings. The highest BCUT2D eigenvalue weighted by molar-refractivity contribution is 7.89. The van der Waals surface area contributed by atoms with Gasteiger partial charge < -0.3 is 0 Å². The third-order valence-electron chi connectivity index (χ3n) is 5.42. The number of sulfonamides is 1. The Hall–Kier alpha value is -3.22. The Morgan fingerprint density at radius 2 is 1.65 bits per heavy atom. The number of nitrogens with zero attached hydrogens (tertiary/aromatic N) is 1. The molecule has 0 bridgehead atoms. The fraction of sp³-hybridized carbons (Fsp3) is 0.160. The Balaban J connectivity index is 1.83. The van der Waals surface area contributed by atoms with Gasteiger partial charge in [0, 0.05) is 5.39 Å². The molecule has 5 nitrogen and oxygen atoms in total. The molecule has 3 N–H and O–H groups in total. The summed E-state index contributed by atoms with van der Waals surface area (Å²) in [6.07, 6.45) is 3.11. The minimum atomic E-state index is -3.48. The highest BCUT2D eigenvalue weighted by atomic mass is 32.2. The van der Waals surface area contributed by atoms with Crippen molar-refractivity contribution in [1.82, 2.24) is 10.2 Å². The SMILES string of the molecule is CCC(=C(c1ccc(CCS(N)(=O)=O)cc1)c1ccc2[nH]ncc2c1)c1ccccc1. The summed E-state index contributed by atoms with van der Waals surface area (Å²) < 4.78 is 22.6. The van der Waals surface area contributed by atoms with Gasteiger partial charge in [0.05, 0.1) is 17.5 Å². The van der Waals surface area contributed by atoms with Gasteiger partial charge in [-0.2, -0.15) is 5.10 Å². The summed E-state index contributed by atoms with van der Waals surface area (Å²) >= 11 is 0. The van der Waals surface area contributed by atoms with Gasteiger partial charge in [-0.15, -0.1) is 0 Å². The maximum atomic E-state index is 11.3. The van der Waals surface area contributed by atoms with Crippen LogP contribution in [0, 0.1) is 0 Å². The standard InChI is InChI=1S/C25H25N3O2S/c1-2-23(19-6-4-3-5-7-19)25(21-12-13-24-22(16-21)17-27-28-24)20-10-8-18(9-11-20)14-15-31(26,29)30/h3-13,16-17H,2,14-15H2,1H3,(H,27,28)(H2,26,29,30). The van der Waals surface area contributed by atoms with Crippen molar-refractivity contribution in [1.29, 1.82) is 0 Å². The van der Waals surface area contributed by atoms with Crippen molar-refractivity contribution in [3.8, 4) is 0 Å². The van der Waals surface area contributed by atoms with E-state index in [9.17, 15) is 8.42 Å². The van der Waals surface area contributed by atoms with Crippen LogP contribution in [-0.2, 0) is 16.4 Å². The first-order valence-corrected chi connectivity index (χ1v) is 12.0. The number of aromatic amines is 1. The van der Waals surface area contributed by atoms with Gasteiger partial charge in [-0.1, -0.05) is 67.6 Å². The molecule has 4 rings (SSSR count). The third-order valence-corrected chi connectivity index (χ3v) is 6.20. The summed E-state index contributed by atoms with van der Waals surface area (Å²) in [6, 6.07) is 24.8. The van der Waals surface area contributed by atoms with Crippen LogP contribution in [-0.4, -0.2) is 24.4 Å². The molecule has 0 saturated carbocycles. The molecule has 0 spiro atoms. The van der Waals surface area contributed by atoms with E-state index in [4.69, 9.17) is 5.14 Å². The number of nitrogens with one attached hydrogen (secondary N) is 1. The van der Waals surface area contributed by atoms with E-state index in [1.54, 1.807) is 0 Å². The fourth-order valence-corrected chi connectivity index (χ4v) is 4.40. The number of fused-ring (bicyclic) bond motifs is 1. The fourth-order valence-electron chi connectivity index (χ4n) is 3.88. The summed E-state index contributed by atoms with van der Waals surface area (Å²) in [5.41, 5.74) is 7.75. The third kappa shape index (κ3) is 4.93. The molecule has 0 unspecified atom stereocenters. The molecule has 0 fully saturated rings. The number of allylic oxidation sites excluding steroid dienone is 1. The zero-order chi connectivity index (χ0) is 21.8. The maximum Gasteiger partial charge on any atom is 0.209 e. The number of rotatable bonds is 7. The first-order valence-electron chi connectivity index (χ1n) is 10.3. The molecule has 0 atom stereocenters. The summed E-state index contributed by atoms with van der Waals surface area (Å²) in [7, 11) is -3.48. The number of H-pyrrole nitrogens is 1. The van der Waals surface area contributed by atoms with Gasteiger partial charge in [-0.3, -0.25) is 5.10 Å². The first-order chi connectivity index (χ1) is 14.9. The van der Waals surface area contributed by atoms with Gasteiger partial charge in [-0.05, 0) is 58.4 Å². The van der Waals surface area contributed by atoms with Gasteiger partial charge in [0.1, 0.15) is 0 Å². The molecule has 3 aromatic carbocycles. The van der Waals surface area contributed by atoms with E-state index in [1.807, 2.05) is 24.4 Å². The van der Waals surface area contributed by atoms with E-state index in [-0.39, 0.29) is 5.75 Å². The average Bonchev–Trinajstić information content (AvgIpc) is 3.24. The van der Waals surface area contributed by atoms with Crippen molar-refractivity contribution in [2.24, 2.45) is 5.14 Å². The summed E-state index contributed by atoms with van der Waals surface area (Å²) in [4.78, 5) is 0. The lowest BCUT2D eigenvalue weighted by atomic mass is 9.87. The first kappa shape index (κ1) is 21.0. The summed E-state index contributed by atoms with van der Waals surface area (Å²) in [6.45, 7) is 2.17. The lowest BCUT2D eigenvalue weighted by Gasteiger charge is -2.17. The van der Waals surface area contributed by atoms with Crippen molar-refractivity contribution < 1.29 is 8.42 Å². The van der Waals surface area contributed by atoms with Crippen LogP contribution in [0.1, 0.15) is 35.6 Å². The summed E-state index contributed by atoms with van der Waals surface area (Å²) in [5, 5.41) is 13.4. The Labute approximate surface area is 182 Å². The van der Waals surface area contributed by atoms with Crippen LogP contribution in [0.15, 0.2) is 79.0 Å². The quantitative estimate of drug-likeness (QED) is 0.413. The Morgan fingerprint density at radius 3 is 2.32 bits per heavy atom. The summed E-state index contributed by atoms with van der Waals surface area (Å²) in [5.74, 6) is -0.0591. The smallest absolute Gasteiger partial charge is 0.209 e. The molecule has 0 aliphatic carbocycles. The maximum absolute atomic E-state index is 11.3. The molecular weight excluding hydrogens is 406 g/mol. The van der Waals surface area contributed by atoms with Crippen LogP contribution in [0.25, 0.3) is 22.0 Å². The van der Waals surface area contributed by atoms with E-state index in [0.717, 1.165) is 39.6 Å². The van der Waals surface area contributed by atoms with Crippen molar-refractivity contribution in [2.45, 2.75) is 19.8 Å². The predicted octanol–water partition coefficient (Wildman–Crippen LogP) is 4.76. The van der Waals surface area contributed by atoms with Crippen LogP contribution in [0.2, 0.25) is 0 Å². The highest BCUT2D eigenvalue weighted by Gasteiger charge is 2.14.